The van der Waals surface area contributed by atoms with E-state index in [1.807, 2.05) is 6.07 Å². The zero-order valence-corrected chi connectivity index (χ0v) is 23.3. The van der Waals surface area contributed by atoms with Crippen molar-refractivity contribution in [1.82, 2.24) is 5.32 Å². The Labute approximate surface area is 234 Å². The maximum Gasteiger partial charge on any atom is 0.237 e. The van der Waals surface area contributed by atoms with E-state index >= 15 is 4.39 Å². The minimum atomic E-state index is -1.15. The van der Waals surface area contributed by atoms with Crippen LogP contribution in [0, 0.1) is 17.7 Å². The van der Waals surface area contributed by atoms with E-state index in [-0.39, 0.29) is 16.7 Å². The molecule has 4 nitrogen and oxygen atoms in total. The summed E-state index contributed by atoms with van der Waals surface area (Å²) in [4.78, 5) is 28.6. The molecule has 0 radical (unpaired) electrons. The van der Waals surface area contributed by atoms with E-state index in [9.17, 15) is 9.59 Å². The normalized spacial score (nSPS) is 31.9. The molecule has 2 saturated carbocycles. The number of fused-ring (bicyclic) bond motifs is 3. The smallest absolute Gasteiger partial charge is 0.237 e. The fraction of sp³-hybridized carbons (Fsp3) is 0.548. The van der Waals surface area contributed by atoms with Crippen LogP contribution in [0.3, 0.4) is 0 Å². The fourth-order valence-corrected chi connectivity index (χ4v) is 8.57. The summed E-state index contributed by atoms with van der Waals surface area (Å²) >= 11 is 12.7. The highest BCUT2D eigenvalue weighted by Crippen LogP contribution is 2.63. The van der Waals surface area contributed by atoms with Gasteiger partial charge in [0, 0.05) is 28.6 Å². The topological polar surface area (TPSA) is 58.2 Å². The Bertz CT molecular complexity index is 1270. The number of anilines is 1. The molecule has 2 aliphatic heterocycles. The van der Waals surface area contributed by atoms with Gasteiger partial charge in [-0.1, -0.05) is 80.4 Å². The largest absolute Gasteiger partial charge is 0.325 e. The Morgan fingerprint density at radius 2 is 1.79 bits per heavy atom. The Kier molecular flexibility index (Phi) is 6.85. The van der Waals surface area contributed by atoms with Crippen molar-refractivity contribution in [2.24, 2.45) is 11.8 Å². The molecule has 2 aromatic carbocycles. The van der Waals surface area contributed by atoms with Crippen LogP contribution in [0.25, 0.3) is 0 Å². The van der Waals surface area contributed by atoms with E-state index in [0.717, 1.165) is 63.4 Å². The molecule has 2 aromatic rings. The lowest BCUT2D eigenvalue weighted by Gasteiger charge is -2.47. The number of carbonyl (C=O) groups is 2. The van der Waals surface area contributed by atoms with E-state index in [0.29, 0.717) is 34.5 Å². The summed E-state index contributed by atoms with van der Waals surface area (Å²) in [5.74, 6) is -0.364. The Hall–Kier alpha value is -1.95. The van der Waals surface area contributed by atoms with E-state index in [4.69, 9.17) is 23.2 Å². The van der Waals surface area contributed by atoms with Crippen LogP contribution in [0.5, 0.6) is 0 Å². The van der Waals surface area contributed by atoms with Crippen LogP contribution >= 0.6 is 23.2 Å². The number of ketones is 1. The van der Waals surface area contributed by atoms with Gasteiger partial charge in [-0.2, -0.15) is 0 Å². The monoisotopic (exact) mass is 556 g/mol. The molecule has 1 saturated heterocycles. The van der Waals surface area contributed by atoms with Gasteiger partial charge in [-0.05, 0) is 66.8 Å². The molecule has 0 bridgehead atoms. The number of Topliss-reactive ketones (excluding diaryl/α,β-unsaturated/α-hetero) is 1. The third-order valence-electron chi connectivity index (χ3n) is 10.00. The fourth-order valence-electron chi connectivity index (χ4n) is 8.21. The second-order valence-electron chi connectivity index (χ2n) is 12.1. The minimum Gasteiger partial charge on any atom is -0.325 e. The zero-order valence-electron chi connectivity index (χ0n) is 21.8. The first-order valence-electron chi connectivity index (χ1n) is 14.1. The Balaban J connectivity index is 1.53. The molecule has 3 fully saturated rings. The molecule has 4 aliphatic rings. The lowest BCUT2D eigenvalue weighted by molar-refractivity contribution is -0.124. The van der Waals surface area contributed by atoms with Gasteiger partial charge in [-0.3, -0.25) is 14.9 Å². The van der Waals surface area contributed by atoms with Crippen LogP contribution in [0.4, 0.5) is 10.1 Å². The summed E-state index contributed by atoms with van der Waals surface area (Å²) < 4.78 is 15.9. The van der Waals surface area contributed by atoms with Crippen LogP contribution in [0.2, 0.25) is 10.0 Å². The SMILES string of the molecule is CC1CCC(CC(=O)[C@@H]2NC3(CCCCC3)[C@@]3(C(=O)Nc4cc(Cl)ccc43)[C@H]2c2cccc(Cl)c2F)CC1. The van der Waals surface area contributed by atoms with Crippen molar-refractivity contribution >= 4 is 40.6 Å². The number of halogens is 3. The molecule has 6 rings (SSSR count). The molecule has 7 heteroatoms. The Morgan fingerprint density at radius 3 is 2.53 bits per heavy atom. The highest BCUT2D eigenvalue weighted by molar-refractivity contribution is 6.31. The summed E-state index contributed by atoms with van der Waals surface area (Å²) in [6, 6.07) is 9.73. The number of benzene rings is 2. The summed E-state index contributed by atoms with van der Waals surface area (Å²) in [6.07, 6.45) is 9.22. The first-order chi connectivity index (χ1) is 18.3. The van der Waals surface area contributed by atoms with Gasteiger partial charge in [0.25, 0.3) is 0 Å². The minimum absolute atomic E-state index is 0.00412. The van der Waals surface area contributed by atoms with Crippen molar-refractivity contribution in [1.29, 1.82) is 0 Å². The molecule has 2 aliphatic carbocycles. The predicted octanol–water partition coefficient (Wildman–Crippen LogP) is 7.57. The van der Waals surface area contributed by atoms with Gasteiger partial charge in [-0.25, -0.2) is 4.39 Å². The summed E-state index contributed by atoms with van der Waals surface area (Å²) in [7, 11) is 0. The molecule has 2 N–H and O–H groups in total. The molecular formula is C31H35Cl2FN2O2. The first kappa shape index (κ1) is 26.3. The number of hydrogen-bond acceptors (Lipinski definition) is 3. The number of amides is 1. The van der Waals surface area contributed by atoms with Crippen LogP contribution in [0.1, 0.15) is 88.2 Å². The lowest BCUT2D eigenvalue weighted by Crippen LogP contribution is -2.60. The molecular weight excluding hydrogens is 522 g/mol. The molecule has 38 heavy (non-hydrogen) atoms. The standard InChI is InChI=1S/C31H35Cl2FN2O2/c1-18-8-10-19(11-9-18)16-25(37)28-26(21-6-5-7-23(33)27(21)34)31(30(36-28)14-3-2-4-15-30)22-13-12-20(32)17-24(22)35-29(31)38/h5-7,12-13,17-19,26,28,36H,2-4,8-11,14-16H2,1H3,(H,35,38)/t18?,19?,26-,28-,31+/m0/s1. The van der Waals surface area contributed by atoms with Crippen LogP contribution in [0.15, 0.2) is 36.4 Å². The molecule has 0 unspecified atom stereocenters. The molecule has 2 heterocycles. The van der Waals surface area contributed by atoms with E-state index in [1.54, 1.807) is 24.3 Å². The van der Waals surface area contributed by atoms with Crippen molar-refractivity contribution in [3.8, 4) is 0 Å². The van der Waals surface area contributed by atoms with E-state index in [2.05, 4.69) is 17.6 Å². The zero-order chi connectivity index (χ0) is 26.7. The quantitative estimate of drug-likeness (QED) is 0.408. The van der Waals surface area contributed by atoms with Gasteiger partial charge in [0.1, 0.15) is 11.2 Å². The number of hydrogen-bond donors (Lipinski definition) is 2. The van der Waals surface area contributed by atoms with Gasteiger partial charge in [0.05, 0.1) is 11.1 Å². The summed E-state index contributed by atoms with van der Waals surface area (Å²) in [6.45, 7) is 2.27. The van der Waals surface area contributed by atoms with Crippen molar-refractivity contribution < 1.29 is 14.0 Å². The van der Waals surface area contributed by atoms with Crippen LogP contribution in [-0.4, -0.2) is 23.3 Å². The van der Waals surface area contributed by atoms with Crippen molar-refractivity contribution in [3.63, 3.8) is 0 Å². The highest BCUT2D eigenvalue weighted by Gasteiger charge is 2.72. The van der Waals surface area contributed by atoms with Gasteiger partial charge in [0.15, 0.2) is 5.78 Å². The maximum atomic E-state index is 15.9. The second kappa shape index (κ2) is 9.91. The maximum absolute atomic E-state index is 15.9. The van der Waals surface area contributed by atoms with Gasteiger partial charge in [-0.15, -0.1) is 0 Å². The van der Waals surface area contributed by atoms with E-state index in [1.165, 1.54) is 6.07 Å². The van der Waals surface area contributed by atoms with Crippen molar-refractivity contribution in [2.45, 2.75) is 94.0 Å². The van der Waals surface area contributed by atoms with Gasteiger partial charge >= 0.3 is 0 Å². The average molecular weight is 558 g/mol. The molecule has 0 aromatic heterocycles. The lowest BCUT2D eigenvalue weighted by atomic mass is 9.55. The first-order valence-corrected chi connectivity index (χ1v) is 14.9. The summed E-state index contributed by atoms with van der Waals surface area (Å²) in [5, 5.41) is 7.38. The Morgan fingerprint density at radius 1 is 1.05 bits per heavy atom. The van der Waals surface area contributed by atoms with Crippen LogP contribution in [-0.2, 0) is 15.0 Å². The summed E-state index contributed by atoms with van der Waals surface area (Å²) in [5.41, 5.74) is -0.0419. The second-order valence-corrected chi connectivity index (χ2v) is 13.0. The van der Waals surface area contributed by atoms with E-state index < -0.39 is 28.7 Å². The molecule has 2 spiro atoms. The third-order valence-corrected chi connectivity index (χ3v) is 10.5. The highest BCUT2D eigenvalue weighted by atomic mass is 35.5. The van der Waals surface area contributed by atoms with Crippen LogP contribution < -0.4 is 10.6 Å². The number of nitrogens with one attached hydrogen (secondary N) is 2. The number of rotatable bonds is 4. The van der Waals surface area contributed by atoms with Crippen molar-refractivity contribution in [3.05, 3.63) is 63.4 Å². The molecule has 3 atom stereocenters. The van der Waals surface area contributed by atoms with Crippen molar-refractivity contribution in [2.75, 3.05) is 5.32 Å². The third kappa shape index (κ3) is 3.95. The van der Waals surface area contributed by atoms with Gasteiger partial charge in [0.2, 0.25) is 5.91 Å². The van der Waals surface area contributed by atoms with Gasteiger partial charge < -0.3 is 5.32 Å². The number of carbonyl (C=O) groups excluding carboxylic acids is 2. The molecule has 1 amide bonds. The average Bonchev–Trinajstić information content (AvgIpc) is 3.35. The predicted molar refractivity (Wildman–Crippen MR) is 149 cm³/mol. The molecule has 202 valence electrons.